The standard InChI is InChI=1S/C23H28N2O/c26-22(25-15-12-23(13-16-25)11-14-24-18-23)17-21(19-7-3-1-4-8-19)20-9-5-2-6-10-20/h1-10,21,24H,11-18H2. The Balaban J connectivity index is 1.47. The molecule has 136 valence electrons. The van der Waals surface area contributed by atoms with Crippen LogP contribution in [0, 0.1) is 5.41 Å². The first-order chi connectivity index (χ1) is 12.8. The largest absolute Gasteiger partial charge is 0.343 e. The van der Waals surface area contributed by atoms with E-state index in [1.54, 1.807) is 0 Å². The number of carbonyl (C=O) groups excluding carboxylic acids is 1. The van der Waals surface area contributed by atoms with Crippen LogP contribution in [-0.4, -0.2) is 37.0 Å². The van der Waals surface area contributed by atoms with Crippen LogP contribution in [0.15, 0.2) is 60.7 Å². The van der Waals surface area contributed by atoms with Crippen molar-refractivity contribution in [2.75, 3.05) is 26.2 Å². The van der Waals surface area contributed by atoms with Gasteiger partial charge in [-0.1, -0.05) is 60.7 Å². The van der Waals surface area contributed by atoms with E-state index in [0.717, 1.165) is 39.0 Å². The fourth-order valence-corrected chi connectivity index (χ4v) is 4.56. The maximum Gasteiger partial charge on any atom is 0.223 e. The third kappa shape index (κ3) is 3.68. The molecule has 0 bridgehead atoms. The second-order valence-electron chi connectivity index (χ2n) is 7.89. The molecule has 1 N–H and O–H groups in total. The van der Waals surface area contributed by atoms with Crippen LogP contribution in [-0.2, 0) is 4.79 Å². The Bertz CT molecular complexity index is 673. The molecule has 2 fully saturated rings. The lowest BCUT2D eigenvalue weighted by Gasteiger charge is -2.39. The number of hydrogen-bond donors (Lipinski definition) is 1. The van der Waals surface area contributed by atoms with Crippen LogP contribution in [0.25, 0.3) is 0 Å². The van der Waals surface area contributed by atoms with Crippen molar-refractivity contribution in [3.8, 4) is 0 Å². The molecule has 0 radical (unpaired) electrons. The number of carbonyl (C=O) groups is 1. The highest BCUT2D eigenvalue weighted by Crippen LogP contribution is 2.37. The quantitative estimate of drug-likeness (QED) is 0.911. The summed E-state index contributed by atoms with van der Waals surface area (Å²) in [5, 5.41) is 3.50. The molecule has 3 nitrogen and oxygen atoms in total. The maximum absolute atomic E-state index is 13.1. The van der Waals surface area contributed by atoms with Gasteiger partial charge in [0.1, 0.15) is 0 Å². The lowest BCUT2D eigenvalue weighted by molar-refractivity contribution is -0.133. The van der Waals surface area contributed by atoms with Crippen LogP contribution >= 0.6 is 0 Å². The molecule has 0 saturated carbocycles. The Morgan fingerprint density at radius 3 is 2.00 bits per heavy atom. The minimum absolute atomic E-state index is 0.133. The van der Waals surface area contributed by atoms with Crippen molar-refractivity contribution in [1.82, 2.24) is 10.2 Å². The molecule has 2 saturated heterocycles. The Kier molecular flexibility index (Phi) is 5.07. The number of rotatable bonds is 4. The molecule has 4 rings (SSSR count). The van der Waals surface area contributed by atoms with E-state index < -0.39 is 0 Å². The monoisotopic (exact) mass is 348 g/mol. The van der Waals surface area contributed by atoms with E-state index in [4.69, 9.17) is 0 Å². The molecular formula is C23H28N2O. The molecule has 0 unspecified atom stereocenters. The van der Waals surface area contributed by atoms with Crippen LogP contribution in [0.1, 0.15) is 42.7 Å². The highest BCUT2D eigenvalue weighted by atomic mass is 16.2. The summed E-state index contributed by atoms with van der Waals surface area (Å²) in [5.41, 5.74) is 2.90. The minimum Gasteiger partial charge on any atom is -0.343 e. The van der Waals surface area contributed by atoms with E-state index in [-0.39, 0.29) is 5.92 Å². The third-order valence-corrected chi connectivity index (χ3v) is 6.29. The fourth-order valence-electron chi connectivity index (χ4n) is 4.56. The van der Waals surface area contributed by atoms with E-state index in [2.05, 4.69) is 58.7 Å². The predicted octanol–water partition coefficient (Wildman–Crippen LogP) is 3.81. The van der Waals surface area contributed by atoms with Gasteiger partial charge in [0.05, 0.1) is 0 Å². The first kappa shape index (κ1) is 17.3. The molecule has 0 aliphatic carbocycles. The Hall–Kier alpha value is -2.13. The van der Waals surface area contributed by atoms with Crippen molar-refractivity contribution in [2.24, 2.45) is 5.41 Å². The van der Waals surface area contributed by atoms with Crippen molar-refractivity contribution in [3.05, 3.63) is 71.8 Å². The van der Waals surface area contributed by atoms with Gasteiger partial charge < -0.3 is 10.2 Å². The molecule has 2 heterocycles. The number of benzene rings is 2. The number of hydrogen-bond acceptors (Lipinski definition) is 2. The highest BCUT2D eigenvalue weighted by molar-refractivity contribution is 5.78. The first-order valence-corrected chi connectivity index (χ1v) is 9.84. The van der Waals surface area contributed by atoms with Gasteiger partial charge in [-0.15, -0.1) is 0 Å². The van der Waals surface area contributed by atoms with E-state index in [9.17, 15) is 4.79 Å². The maximum atomic E-state index is 13.1. The third-order valence-electron chi connectivity index (χ3n) is 6.29. The fraction of sp³-hybridized carbons (Fsp3) is 0.435. The zero-order valence-electron chi connectivity index (χ0n) is 15.4. The zero-order valence-corrected chi connectivity index (χ0v) is 15.4. The average molecular weight is 348 g/mol. The molecule has 2 aliphatic rings. The van der Waals surface area contributed by atoms with Crippen LogP contribution in [0.3, 0.4) is 0 Å². The van der Waals surface area contributed by atoms with Crippen molar-refractivity contribution in [1.29, 1.82) is 0 Å². The van der Waals surface area contributed by atoms with Gasteiger partial charge in [-0.05, 0) is 42.3 Å². The molecular weight excluding hydrogens is 320 g/mol. The highest BCUT2D eigenvalue weighted by Gasteiger charge is 2.38. The zero-order chi connectivity index (χ0) is 17.8. The van der Waals surface area contributed by atoms with Gasteiger partial charge in [0.2, 0.25) is 5.91 Å². The van der Waals surface area contributed by atoms with Gasteiger partial charge >= 0.3 is 0 Å². The Morgan fingerprint density at radius 1 is 0.923 bits per heavy atom. The second-order valence-corrected chi connectivity index (χ2v) is 7.89. The molecule has 2 aromatic carbocycles. The van der Waals surface area contributed by atoms with Crippen LogP contribution in [0.2, 0.25) is 0 Å². The van der Waals surface area contributed by atoms with Crippen molar-refractivity contribution in [3.63, 3.8) is 0 Å². The minimum atomic E-state index is 0.133. The average Bonchev–Trinajstić information content (AvgIpc) is 3.16. The van der Waals surface area contributed by atoms with Gasteiger partial charge in [0.25, 0.3) is 0 Å². The SMILES string of the molecule is O=C(CC(c1ccccc1)c1ccccc1)N1CCC2(CCNC2)CC1. The van der Waals surface area contributed by atoms with Gasteiger partial charge in [0.15, 0.2) is 0 Å². The van der Waals surface area contributed by atoms with E-state index in [1.807, 2.05) is 12.1 Å². The Labute approximate surface area is 156 Å². The summed E-state index contributed by atoms with van der Waals surface area (Å²) in [6.45, 7) is 4.09. The number of amides is 1. The summed E-state index contributed by atoms with van der Waals surface area (Å²) in [4.78, 5) is 15.2. The summed E-state index contributed by atoms with van der Waals surface area (Å²) in [6.07, 6.45) is 4.12. The smallest absolute Gasteiger partial charge is 0.223 e. The number of nitrogens with one attached hydrogen (secondary N) is 1. The molecule has 2 aliphatic heterocycles. The van der Waals surface area contributed by atoms with Crippen LogP contribution < -0.4 is 5.32 Å². The van der Waals surface area contributed by atoms with E-state index in [0.29, 0.717) is 17.7 Å². The van der Waals surface area contributed by atoms with Gasteiger partial charge in [0, 0.05) is 32.0 Å². The van der Waals surface area contributed by atoms with Gasteiger partial charge in [-0.25, -0.2) is 0 Å². The molecule has 1 amide bonds. The molecule has 3 heteroatoms. The molecule has 0 atom stereocenters. The number of likely N-dealkylation sites (tertiary alicyclic amines) is 1. The molecule has 1 spiro atoms. The summed E-state index contributed by atoms with van der Waals surface area (Å²) in [7, 11) is 0. The van der Waals surface area contributed by atoms with Crippen molar-refractivity contribution in [2.45, 2.75) is 31.6 Å². The van der Waals surface area contributed by atoms with Crippen LogP contribution in [0.5, 0.6) is 0 Å². The molecule has 26 heavy (non-hydrogen) atoms. The van der Waals surface area contributed by atoms with E-state index >= 15 is 0 Å². The number of nitrogens with zero attached hydrogens (tertiary/aromatic N) is 1. The van der Waals surface area contributed by atoms with Crippen molar-refractivity contribution < 1.29 is 4.79 Å². The van der Waals surface area contributed by atoms with E-state index in [1.165, 1.54) is 17.5 Å². The summed E-state index contributed by atoms with van der Waals surface area (Å²) in [5.74, 6) is 0.428. The van der Waals surface area contributed by atoms with Gasteiger partial charge in [-0.2, -0.15) is 0 Å². The summed E-state index contributed by atoms with van der Waals surface area (Å²) < 4.78 is 0. The summed E-state index contributed by atoms with van der Waals surface area (Å²) >= 11 is 0. The lowest BCUT2D eigenvalue weighted by atomic mass is 9.77. The van der Waals surface area contributed by atoms with Crippen molar-refractivity contribution >= 4 is 5.91 Å². The summed E-state index contributed by atoms with van der Waals surface area (Å²) in [6, 6.07) is 20.9. The second kappa shape index (κ2) is 7.63. The Morgan fingerprint density at radius 2 is 1.50 bits per heavy atom. The van der Waals surface area contributed by atoms with Gasteiger partial charge in [-0.3, -0.25) is 4.79 Å². The topological polar surface area (TPSA) is 32.3 Å². The first-order valence-electron chi connectivity index (χ1n) is 9.84. The molecule has 0 aromatic heterocycles. The molecule has 2 aromatic rings. The predicted molar refractivity (Wildman–Crippen MR) is 105 cm³/mol. The number of piperidine rings is 1. The lowest BCUT2D eigenvalue weighted by Crippen LogP contribution is -2.44. The normalized spacial score (nSPS) is 19.2. The van der Waals surface area contributed by atoms with Crippen LogP contribution in [0.4, 0.5) is 0 Å².